The highest BCUT2D eigenvalue weighted by atomic mass is 32.1. The molecular formula is C12H20N2OS. The zero-order chi connectivity index (χ0) is 11.4. The van der Waals surface area contributed by atoms with Crippen LogP contribution in [-0.2, 0) is 6.61 Å². The Morgan fingerprint density at radius 2 is 2.25 bits per heavy atom. The van der Waals surface area contributed by atoms with Crippen LogP contribution in [0.2, 0.25) is 0 Å². The van der Waals surface area contributed by atoms with E-state index in [0.29, 0.717) is 0 Å². The van der Waals surface area contributed by atoms with Crippen LogP contribution in [-0.4, -0.2) is 23.2 Å². The van der Waals surface area contributed by atoms with Gasteiger partial charge in [0.2, 0.25) is 0 Å². The van der Waals surface area contributed by atoms with Gasteiger partial charge in [-0.2, -0.15) is 0 Å². The van der Waals surface area contributed by atoms with Gasteiger partial charge in [-0.05, 0) is 18.8 Å². The molecule has 90 valence electrons. The summed E-state index contributed by atoms with van der Waals surface area (Å²) in [5, 5.41) is 10.1. The molecule has 1 aliphatic heterocycles. The first-order chi connectivity index (χ1) is 7.83. The molecule has 16 heavy (non-hydrogen) atoms. The topological polar surface area (TPSA) is 36.4 Å². The number of thiazole rings is 1. The Kier molecular flexibility index (Phi) is 4.18. The molecular weight excluding hydrogens is 220 g/mol. The molecule has 1 fully saturated rings. The van der Waals surface area contributed by atoms with Crippen molar-refractivity contribution in [3.63, 3.8) is 0 Å². The van der Waals surface area contributed by atoms with E-state index in [1.165, 1.54) is 25.7 Å². The molecule has 0 bridgehead atoms. The van der Waals surface area contributed by atoms with Gasteiger partial charge >= 0.3 is 0 Å². The van der Waals surface area contributed by atoms with Crippen LogP contribution in [0.25, 0.3) is 0 Å². The third kappa shape index (κ3) is 2.74. The van der Waals surface area contributed by atoms with E-state index in [2.05, 4.69) is 16.8 Å². The molecule has 0 aliphatic carbocycles. The largest absolute Gasteiger partial charge is 0.391 e. The molecule has 4 heteroatoms. The van der Waals surface area contributed by atoms with Crippen molar-refractivity contribution >= 4 is 16.5 Å². The van der Waals surface area contributed by atoms with E-state index in [1.54, 1.807) is 17.5 Å². The average Bonchev–Trinajstić information content (AvgIpc) is 2.79. The van der Waals surface area contributed by atoms with Crippen molar-refractivity contribution in [1.29, 1.82) is 0 Å². The highest BCUT2D eigenvalue weighted by Gasteiger charge is 2.20. The predicted octanol–water partition coefficient (Wildman–Crippen LogP) is 2.65. The second kappa shape index (κ2) is 5.64. The Balaban J connectivity index is 1.88. The Morgan fingerprint density at radius 3 is 2.81 bits per heavy atom. The number of hydrogen-bond acceptors (Lipinski definition) is 4. The smallest absolute Gasteiger partial charge is 0.185 e. The molecule has 0 radical (unpaired) electrons. The fourth-order valence-electron chi connectivity index (χ4n) is 2.34. The average molecular weight is 240 g/mol. The second-order valence-electron chi connectivity index (χ2n) is 4.49. The summed E-state index contributed by atoms with van der Waals surface area (Å²) in [5.74, 6) is 0.915. The minimum Gasteiger partial charge on any atom is -0.391 e. The van der Waals surface area contributed by atoms with Gasteiger partial charge in [0.1, 0.15) is 0 Å². The Labute approximate surface area is 101 Å². The van der Waals surface area contributed by atoms with Crippen LogP contribution in [0.3, 0.4) is 0 Å². The molecule has 3 nitrogen and oxygen atoms in total. The third-order valence-electron chi connectivity index (χ3n) is 3.28. The zero-order valence-corrected chi connectivity index (χ0v) is 10.7. The monoisotopic (exact) mass is 240 g/mol. The van der Waals surface area contributed by atoms with Crippen molar-refractivity contribution in [1.82, 2.24) is 4.98 Å². The summed E-state index contributed by atoms with van der Waals surface area (Å²) >= 11 is 1.62. The number of hydrogen-bond donors (Lipinski definition) is 1. The Bertz CT molecular complexity index is 319. The first-order valence-corrected chi connectivity index (χ1v) is 6.95. The first kappa shape index (κ1) is 11.9. The maximum Gasteiger partial charge on any atom is 0.185 e. The number of nitrogens with zero attached hydrogens (tertiary/aromatic N) is 2. The molecule has 1 saturated heterocycles. The van der Waals surface area contributed by atoms with Gasteiger partial charge in [0, 0.05) is 19.3 Å². The minimum absolute atomic E-state index is 0.115. The minimum atomic E-state index is 0.115. The van der Waals surface area contributed by atoms with Crippen molar-refractivity contribution in [3.05, 3.63) is 11.1 Å². The highest BCUT2D eigenvalue weighted by Crippen LogP contribution is 2.28. The van der Waals surface area contributed by atoms with Gasteiger partial charge in [0.25, 0.3) is 0 Å². The van der Waals surface area contributed by atoms with Gasteiger partial charge in [0.15, 0.2) is 5.13 Å². The van der Waals surface area contributed by atoms with Crippen molar-refractivity contribution in [2.75, 3.05) is 18.0 Å². The molecule has 1 aromatic heterocycles. The maximum atomic E-state index is 9.01. The van der Waals surface area contributed by atoms with Crippen LogP contribution in [0, 0.1) is 5.92 Å². The maximum absolute atomic E-state index is 9.01. The van der Waals surface area contributed by atoms with Crippen molar-refractivity contribution in [2.24, 2.45) is 5.92 Å². The van der Waals surface area contributed by atoms with Crippen molar-refractivity contribution in [2.45, 2.75) is 39.2 Å². The predicted molar refractivity (Wildman–Crippen MR) is 67.9 cm³/mol. The number of aliphatic hydroxyl groups is 1. The summed E-state index contributed by atoms with van der Waals surface area (Å²) < 4.78 is 0. The molecule has 1 N–H and O–H groups in total. The van der Waals surface area contributed by atoms with Gasteiger partial charge < -0.3 is 10.0 Å². The lowest BCUT2D eigenvalue weighted by Gasteiger charge is -2.31. The number of anilines is 1. The van der Waals surface area contributed by atoms with Gasteiger partial charge in [-0.15, -0.1) is 0 Å². The van der Waals surface area contributed by atoms with Crippen molar-refractivity contribution < 1.29 is 5.11 Å². The number of aliphatic hydroxyl groups excluding tert-OH is 1. The molecule has 0 saturated carbocycles. The molecule has 0 aromatic carbocycles. The van der Waals surface area contributed by atoms with E-state index < -0.39 is 0 Å². The van der Waals surface area contributed by atoms with E-state index in [4.69, 9.17) is 5.11 Å². The fraction of sp³-hybridized carbons (Fsp3) is 0.750. The van der Waals surface area contributed by atoms with Crippen LogP contribution < -0.4 is 4.90 Å². The Morgan fingerprint density at radius 1 is 1.50 bits per heavy atom. The SMILES string of the molecule is CCCC1CCN(c2ncc(CO)s2)CC1. The van der Waals surface area contributed by atoms with Crippen LogP contribution in [0.15, 0.2) is 6.20 Å². The van der Waals surface area contributed by atoms with E-state index >= 15 is 0 Å². The summed E-state index contributed by atoms with van der Waals surface area (Å²) in [6.45, 7) is 4.64. The van der Waals surface area contributed by atoms with Gasteiger partial charge in [-0.3, -0.25) is 0 Å². The van der Waals surface area contributed by atoms with Gasteiger partial charge in [0.05, 0.1) is 11.5 Å². The molecule has 2 rings (SSSR count). The normalized spacial score (nSPS) is 18.0. The van der Waals surface area contributed by atoms with E-state index in [9.17, 15) is 0 Å². The first-order valence-electron chi connectivity index (χ1n) is 6.14. The molecule has 0 amide bonds. The number of rotatable bonds is 4. The second-order valence-corrected chi connectivity index (χ2v) is 5.58. The molecule has 0 atom stereocenters. The molecule has 0 unspecified atom stereocenters. The molecule has 0 spiro atoms. The third-order valence-corrected chi connectivity index (χ3v) is 4.32. The molecule has 1 aliphatic rings. The van der Waals surface area contributed by atoms with Crippen LogP contribution >= 0.6 is 11.3 Å². The van der Waals surface area contributed by atoms with Crippen molar-refractivity contribution in [3.8, 4) is 0 Å². The highest BCUT2D eigenvalue weighted by molar-refractivity contribution is 7.15. The standard InChI is InChI=1S/C12H20N2OS/c1-2-3-10-4-6-14(7-5-10)12-13-8-11(9-15)16-12/h8,10,15H,2-7,9H2,1H3. The summed E-state index contributed by atoms with van der Waals surface area (Å²) in [6, 6.07) is 0. The molecule has 1 aromatic rings. The summed E-state index contributed by atoms with van der Waals surface area (Å²) in [4.78, 5) is 7.69. The van der Waals surface area contributed by atoms with Crippen LogP contribution in [0.4, 0.5) is 5.13 Å². The van der Waals surface area contributed by atoms with Gasteiger partial charge in [-0.25, -0.2) is 4.98 Å². The lowest BCUT2D eigenvalue weighted by molar-refractivity contribution is 0.285. The van der Waals surface area contributed by atoms with E-state index in [0.717, 1.165) is 29.0 Å². The van der Waals surface area contributed by atoms with Crippen LogP contribution in [0.5, 0.6) is 0 Å². The lowest BCUT2D eigenvalue weighted by Crippen LogP contribution is -2.33. The quantitative estimate of drug-likeness (QED) is 0.879. The zero-order valence-electron chi connectivity index (χ0n) is 9.85. The summed E-state index contributed by atoms with van der Waals surface area (Å²) in [5.41, 5.74) is 0. The molecule has 2 heterocycles. The van der Waals surface area contributed by atoms with E-state index in [-0.39, 0.29) is 6.61 Å². The lowest BCUT2D eigenvalue weighted by atomic mass is 9.93. The number of piperidine rings is 1. The van der Waals surface area contributed by atoms with Gasteiger partial charge in [-0.1, -0.05) is 31.1 Å². The van der Waals surface area contributed by atoms with Crippen LogP contribution in [0.1, 0.15) is 37.5 Å². The number of aromatic nitrogens is 1. The van der Waals surface area contributed by atoms with E-state index in [1.807, 2.05) is 0 Å². The fourth-order valence-corrected chi connectivity index (χ4v) is 3.16. The summed E-state index contributed by atoms with van der Waals surface area (Å²) in [7, 11) is 0. The Hall–Kier alpha value is -0.610. The summed E-state index contributed by atoms with van der Waals surface area (Å²) in [6.07, 6.45) is 7.05.